The van der Waals surface area contributed by atoms with Gasteiger partial charge in [-0.05, 0) is 26.2 Å². The van der Waals surface area contributed by atoms with Crippen LogP contribution in [-0.2, 0) is 19.2 Å². The van der Waals surface area contributed by atoms with E-state index >= 15 is 0 Å². The number of nitrogens with two attached hydrogens (primary N) is 1. The normalized spacial score (nSPS) is 17.4. The molecule has 0 aliphatic carbocycles. The average molecular weight is 437 g/mol. The molecule has 6 atom stereocenters. The SMILES string of the molecule is CC(C)CC(NC(=O)C(N)CS)C(=O)NC(C(=O)NC(C(=O)O)C(C)O)C(C)O. The van der Waals surface area contributed by atoms with Crippen LogP contribution in [-0.4, -0.2) is 81.1 Å². The number of aliphatic hydroxyl groups is 2. The zero-order valence-corrected chi connectivity index (χ0v) is 17.8. The highest BCUT2D eigenvalue weighted by Crippen LogP contribution is 2.07. The van der Waals surface area contributed by atoms with Crippen molar-refractivity contribution in [2.45, 2.75) is 70.5 Å². The number of carboxylic acids is 1. The van der Waals surface area contributed by atoms with Gasteiger partial charge < -0.3 is 37.0 Å². The zero-order valence-electron chi connectivity index (χ0n) is 17.0. The lowest BCUT2D eigenvalue weighted by Gasteiger charge is -2.27. The Morgan fingerprint density at radius 1 is 0.862 bits per heavy atom. The van der Waals surface area contributed by atoms with Gasteiger partial charge in [-0.1, -0.05) is 13.8 Å². The van der Waals surface area contributed by atoms with E-state index in [1.165, 1.54) is 13.8 Å². The fraction of sp³-hybridized carbons (Fsp3) is 0.765. The minimum atomic E-state index is -1.62. The van der Waals surface area contributed by atoms with E-state index in [0.717, 1.165) is 0 Å². The topological polar surface area (TPSA) is 191 Å². The van der Waals surface area contributed by atoms with Crippen molar-refractivity contribution < 1.29 is 34.5 Å². The molecule has 29 heavy (non-hydrogen) atoms. The monoisotopic (exact) mass is 436 g/mol. The molecule has 0 heterocycles. The molecule has 0 saturated carbocycles. The Morgan fingerprint density at radius 2 is 1.34 bits per heavy atom. The predicted molar refractivity (Wildman–Crippen MR) is 108 cm³/mol. The molecule has 0 aromatic rings. The molecule has 168 valence electrons. The minimum absolute atomic E-state index is 0.00346. The zero-order chi connectivity index (χ0) is 22.9. The summed E-state index contributed by atoms with van der Waals surface area (Å²) in [5.74, 6) is -3.75. The number of carbonyl (C=O) groups is 4. The molecule has 6 unspecified atom stereocenters. The first-order chi connectivity index (χ1) is 13.3. The lowest BCUT2D eigenvalue weighted by atomic mass is 10.0. The molecule has 3 amide bonds. The fourth-order valence-electron chi connectivity index (χ4n) is 2.36. The van der Waals surface area contributed by atoms with Crippen molar-refractivity contribution in [3.8, 4) is 0 Å². The van der Waals surface area contributed by atoms with Crippen molar-refractivity contribution in [2.24, 2.45) is 11.7 Å². The van der Waals surface area contributed by atoms with Crippen LogP contribution < -0.4 is 21.7 Å². The highest BCUT2D eigenvalue weighted by Gasteiger charge is 2.34. The van der Waals surface area contributed by atoms with E-state index in [9.17, 15) is 29.4 Å². The second kappa shape index (κ2) is 12.6. The molecule has 0 rings (SSSR count). The Morgan fingerprint density at radius 3 is 1.72 bits per heavy atom. The molecule has 0 aliphatic heterocycles. The van der Waals surface area contributed by atoms with Crippen LogP contribution >= 0.6 is 12.6 Å². The van der Waals surface area contributed by atoms with Crippen LogP contribution in [0.25, 0.3) is 0 Å². The van der Waals surface area contributed by atoms with E-state index in [4.69, 9.17) is 10.8 Å². The maximum Gasteiger partial charge on any atom is 0.328 e. The lowest BCUT2D eigenvalue weighted by molar-refractivity contribution is -0.146. The number of hydrogen-bond donors (Lipinski definition) is 8. The first-order valence-corrected chi connectivity index (χ1v) is 9.81. The Hall–Kier alpha value is -1.89. The van der Waals surface area contributed by atoms with Gasteiger partial charge in [-0.15, -0.1) is 0 Å². The summed E-state index contributed by atoms with van der Waals surface area (Å²) < 4.78 is 0. The summed E-state index contributed by atoms with van der Waals surface area (Å²) in [6.07, 6.45) is -2.55. The molecule has 0 aromatic heterocycles. The van der Waals surface area contributed by atoms with Gasteiger partial charge in [-0.3, -0.25) is 14.4 Å². The Bertz CT molecular complexity index is 586. The molecule has 0 fully saturated rings. The maximum atomic E-state index is 12.7. The first kappa shape index (κ1) is 27.1. The van der Waals surface area contributed by atoms with E-state index in [2.05, 4.69) is 28.6 Å². The van der Waals surface area contributed by atoms with Crippen LogP contribution in [0.5, 0.6) is 0 Å². The van der Waals surface area contributed by atoms with Gasteiger partial charge in [-0.25, -0.2) is 4.79 Å². The number of aliphatic hydroxyl groups excluding tert-OH is 2. The second-order valence-corrected chi connectivity index (χ2v) is 7.64. The second-order valence-electron chi connectivity index (χ2n) is 7.27. The van der Waals surface area contributed by atoms with Crippen LogP contribution in [0.1, 0.15) is 34.1 Å². The third-order valence-corrected chi connectivity index (χ3v) is 4.38. The summed E-state index contributed by atoms with van der Waals surface area (Å²) in [5, 5.41) is 35.3. The van der Waals surface area contributed by atoms with Crippen LogP contribution in [0.4, 0.5) is 0 Å². The number of amides is 3. The van der Waals surface area contributed by atoms with Gasteiger partial charge in [0.15, 0.2) is 6.04 Å². The van der Waals surface area contributed by atoms with Gasteiger partial charge in [0.2, 0.25) is 17.7 Å². The van der Waals surface area contributed by atoms with Crippen LogP contribution in [0, 0.1) is 5.92 Å². The summed E-state index contributed by atoms with van der Waals surface area (Å²) in [5.41, 5.74) is 5.60. The van der Waals surface area contributed by atoms with Crippen LogP contribution in [0.3, 0.4) is 0 Å². The van der Waals surface area contributed by atoms with Crippen molar-refractivity contribution in [1.29, 1.82) is 0 Å². The number of nitrogens with one attached hydrogen (secondary N) is 3. The van der Waals surface area contributed by atoms with Gasteiger partial charge in [-0.2, -0.15) is 12.6 Å². The molecule has 0 aliphatic rings. The third-order valence-electron chi connectivity index (χ3n) is 3.98. The van der Waals surface area contributed by atoms with Crippen molar-refractivity contribution in [3.63, 3.8) is 0 Å². The fourth-order valence-corrected chi connectivity index (χ4v) is 2.52. The molecular formula is C17H32N4O7S. The van der Waals surface area contributed by atoms with Crippen molar-refractivity contribution in [2.75, 3.05) is 5.75 Å². The molecule has 0 spiro atoms. The van der Waals surface area contributed by atoms with E-state index in [1.807, 2.05) is 13.8 Å². The summed E-state index contributed by atoms with van der Waals surface area (Å²) in [6.45, 7) is 6.05. The molecule has 8 N–H and O–H groups in total. The maximum absolute atomic E-state index is 12.7. The lowest BCUT2D eigenvalue weighted by Crippen LogP contribution is -2.61. The number of carboxylic acid groups (broad SMARTS) is 1. The number of thiol groups is 1. The van der Waals surface area contributed by atoms with Crippen molar-refractivity contribution in [1.82, 2.24) is 16.0 Å². The van der Waals surface area contributed by atoms with Gasteiger partial charge in [0.1, 0.15) is 12.1 Å². The largest absolute Gasteiger partial charge is 0.480 e. The van der Waals surface area contributed by atoms with Gasteiger partial charge in [0.25, 0.3) is 0 Å². The Labute approximate surface area is 175 Å². The number of rotatable bonds is 12. The molecule has 11 nitrogen and oxygen atoms in total. The van der Waals surface area contributed by atoms with Crippen molar-refractivity contribution >= 4 is 36.3 Å². The highest BCUT2D eigenvalue weighted by atomic mass is 32.1. The van der Waals surface area contributed by atoms with E-state index in [1.54, 1.807) is 0 Å². The molecular weight excluding hydrogens is 404 g/mol. The first-order valence-electron chi connectivity index (χ1n) is 9.18. The standard InChI is InChI=1S/C17H32N4O7S/c1-7(2)5-11(19-14(24)10(18)6-29)15(25)20-12(8(3)22)16(26)21-13(9(4)23)17(27)28/h7-13,22-23,29H,5-6,18H2,1-4H3,(H,19,24)(H,20,25)(H,21,26)(H,27,28). The van der Waals surface area contributed by atoms with Gasteiger partial charge >= 0.3 is 5.97 Å². The smallest absolute Gasteiger partial charge is 0.328 e. The van der Waals surface area contributed by atoms with Crippen LogP contribution in [0.15, 0.2) is 0 Å². The van der Waals surface area contributed by atoms with Gasteiger partial charge in [0.05, 0.1) is 18.2 Å². The van der Waals surface area contributed by atoms with E-state index < -0.39 is 60.1 Å². The Balaban J connectivity index is 5.38. The van der Waals surface area contributed by atoms with Crippen molar-refractivity contribution in [3.05, 3.63) is 0 Å². The Kier molecular flexibility index (Phi) is 11.8. The molecule has 12 heteroatoms. The average Bonchev–Trinajstić information content (AvgIpc) is 2.60. The molecule has 0 saturated heterocycles. The number of carbonyl (C=O) groups excluding carboxylic acids is 3. The summed E-state index contributed by atoms with van der Waals surface area (Å²) in [6, 6.07) is -5.10. The molecule has 0 bridgehead atoms. The highest BCUT2D eigenvalue weighted by molar-refractivity contribution is 7.80. The summed E-state index contributed by atoms with van der Waals surface area (Å²) >= 11 is 3.93. The third kappa shape index (κ3) is 9.43. The number of aliphatic carboxylic acids is 1. The minimum Gasteiger partial charge on any atom is -0.480 e. The quantitative estimate of drug-likeness (QED) is 0.155. The van der Waals surface area contributed by atoms with Crippen LogP contribution in [0.2, 0.25) is 0 Å². The molecule has 0 radical (unpaired) electrons. The van der Waals surface area contributed by atoms with Gasteiger partial charge in [0, 0.05) is 5.75 Å². The van der Waals surface area contributed by atoms with E-state index in [-0.39, 0.29) is 18.1 Å². The van der Waals surface area contributed by atoms with E-state index in [0.29, 0.717) is 0 Å². The summed E-state index contributed by atoms with van der Waals surface area (Å²) in [7, 11) is 0. The number of hydrogen-bond acceptors (Lipinski definition) is 8. The molecule has 0 aromatic carbocycles. The predicted octanol–water partition coefficient (Wildman–Crippen LogP) is -2.41. The summed E-state index contributed by atoms with van der Waals surface area (Å²) in [4.78, 5) is 48.2.